The van der Waals surface area contributed by atoms with Crippen molar-refractivity contribution in [1.82, 2.24) is 0 Å². The number of rotatable bonds is 6. The van der Waals surface area contributed by atoms with Gasteiger partial charge in [-0.1, -0.05) is 30.8 Å². The van der Waals surface area contributed by atoms with E-state index in [9.17, 15) is 13.2 Å². The fraction of sp³-hybridized carbons (Fsp3) is 0.214. The standard InChI is InChI=1S/C14H14O5S2/c1-2-9-21(17,18)12-6-4-3-5-11(12)20-13-8-7-10(19-13)14(15)16/h3-8H,2,9H2,1H3,(H,15,16). The van der Waals surface area contributed by atoms with Crippen LogP contribution in [0.3, 0.4) is 0 Å². The lowest BCUT2D eigenvalue weighted by Crippen LogP contribution is -2.06. The van der Waals surface area contributed by atoms with Gasteiger partial charge in [-0.15, -0.1) is 0 Å². The lowest BCUT2D eigenvalue weighted by molar-refractivity contribution is 0.0656. The average molecular weight is 326 g/mol. The van der Waals surface area contributed by atoms with E-state index in [1.807, 2.05) is 0 Å². The number of benzene rings is 1. The second-order valence-electron chi connectivity index (χ2n) is 4.29. The van der Waals surface area contributed by atoms with Gasteiger partial charge in [-0.05, 0) is 30.7 Å². The van der Waals surface area contributed by atoms with Crippen molar-refractivity contribution in [1.29, 1.82) is 0 Å². The minimum absolute atomic E-state index is 0.0725. The molecule has 7 heteroatoms. The molecule has 112 valence electrons. The molecule has 0 bridgehead atoms. The van der Waals surface area contributed by atoms with Crippen molar-refractivity contribution in [3.63, 3.8) is 0 Å². The lowest BCUT2D eigenvalue weighted by atomic mass is 10.4. The van der Waals surface area contributed by atoms with Crippen molar-refractivity contribution in [3.8, 4) is 0 Å². The zero-order chi connectivity index (χ0) is 15.5. The Kier molecular flexibility index (Phi) is 4.74. The first-order valence-corrected chi connectivity index (χ1v) is 8.73. The van der Waals surface area contributed by atoms with E-state index in [4.69, 9.17) is 9.52 Å². The number of carbonyl (C=O) groups is 1. The molecule has 21 heavy (non-hydrogen) atoms. The van der Waals surface area contributed by atoms with Crippen molar-refractivity contribution in [2.24, 2.45) is 0 Å². The van der Waals surface area contributed by atoms with E-state index in [1.165, 1.54) is 12.1 Å². The molecule has 2 aromatic rings. The van der Waals surface area contributed by atoms with Crippen LogP contribution in [-0.2, 0) is 9.84 Å². The van der Waals surface area contributed by atoms with Crippen LogP contribution in [0, 0.1) is 0 Å². The fourth-order valence-corrected chi connectivity index (χ4v) is 4.49. The van der Waals surface area contributed by atoms with Crippen molar-refractivity contribution in [2.75, 3.05) is 5.75 Å². The number of sulfone groups is 1. The molecule has 0 amide bonds. The van der Waals surface area contributed by atoms with Gasteiger partial charge >= 0.3 is 5.97 Å². The van der Waals surface area contributed by atoms with Gasteiger partial charge in [0.1, 0.15) is 0 Å². The van der Waals surface area contributed by atoms with Crippen LogP contribution in [0.15, 0.2) is 55.7 Å². The van der Waals surface area contributed by atoms with Gasteiger partial charge in [0.05, 0.1) is 10.6 Å². The second kappa shape index (κ2) is 6.36. The molecule has 0 spiro atoms. The monoisotopic (exact) mass is 326 g/mol. The Morgan fingerprint density at radius 2 is 1.95 bits per heavy atom. The van der Waals surface area contributed by atoms with Crippen LogP contribution in [0.25, 0.3) is 0 Å². The molecule has 5 nitrogen and oxygen atoms in total. The SMILES string of the molecule is CCCS(=O)(=O)c1ccccc1Sc1ccc(C(=O)O)o1. The number of hydrogen-bond donors (Lipinski definition) is 1. The van der Waals surface area contributed by atoms with Gasteiger partial charge in [0.15, 0.2) is 14.9 Å². The van der Waals surface area contributed by atoms with Crippen LogP contribution in [0.2, 0.25) is 0 Å². The topological polar surface area (TPSA) is 84.6 Å². The Morgan fingerprint density at radius 1 is 1.24 bits per heavy atom. The Labute approximate surface area is 126 Å². The van der Waals surface area contributed by atoms with E-state index in [2.05, 4.69) is 0 Å². The molecule has 1 N–H and O–H groups in total. The quantitative estimate of drug-likeness (QED) is 0.876. The fourth-order valence-electron chi connectivity index (χ4n) is 1.77. The molecule has 1 aromatic heterocycles. The lowest BCUT2D eigenvalue weighted by Gasteiger charge is -2.08. The summed E-state index contributed by atoms with van der Waals surface area (Å²) in [5.74, 6) is -1.26. The molecule has 1 aromatic carbocycles. The van der Waals surface area contributed by atoms with Gasteiger partial charge in [-0.3, -0.25) is 0 Å². The summed E-state index contributed by atoms with van der Waals surface area (Å²) in [6, 6.07) is 9.47. The molecule has 0 aliphatic heterocycles. The van der Waals surface area contributed by atoms with Crippen molar-refractivity contribution in [3.05, 3.63) is 42.2 Å². The highest BCUT2D eigenvalue weighted by molar-refractivity contribution is 8.00. The number of aromatic carboxylic acids is 1. The van der Waals surface area contributed by atoms with Gasteiger partial charge in [0, 0.05) is 4.90 Å². The third-order valence-corrected chi connectivity index (χ3v) is 5.76. The Hall–Kier alpha value is -1.73. The molecule has 2 rings (SSSR count). The molecule has 0 saturated heterocycles. The average Bonchev–Trinajstić information content (AvgIpc) is 2.88. The van der Waals surface area contributed by atoms with Gasteiger partial charge < -0.3 is 9.52 Å². The molecular weight excluding hydrogens is 312 g/mol. The highest BCUT2D eigenvalue weighted by atomic mass is 32.2. The molecular formula is C14H14O5S2. The zero-order valence-electron chi connectivity index (χ0n) is 11.3. The van der Waals surface area contributed by atoms with E-state index < -0.39 is 15.8 Å². The minimum Gasteiger partial charge on any atom is -0.475 e. The third-order valence-electron chi connectivity index (χ3n) is 2.66. The maximum Gasteiger partial charge on any atom is 0.371 e. The summed E-state index contributed by atoms with van der Waals surface area (Å²) in [6.07, 6.45) is 0.533. The highest BCUT2D eigenvalue weighted by Crippen LogP contribution is 2.34. The van der Waals surface area contributed by atoms with E-state index in [0.717, 1.165) is 11.8 Å². The molecule has 1 heterocycles. The molecule has 0 radical (unpaired) electrons. The van der Waals surface area contributed by atoms with Crippen LogP contribution in [-0.4, -0.2) is 25.2 Å². The molecule has 0 unspecified atom stereocenters. The molecule has 0 fully saturated rings. The molecule has 0 aliphatic carbocycles. The summed E-state index contributed by atoms with van der Waals surface area (Å²) in [6.45, 7) is 1.80. The largest absolute Gasteiger partial charge is 0.475 e. The summed E-state index contributed by atoms with van der Waals surface area (Å²) >= 11 is 1.10. The summed E-state index contributed by atoms with van der Waals surface area (Å²) in [4.78, 5) is 11.5. The molecule has 0 saturated carbocycles. The summed E-state index contributed by atoms with van der Waals surface area (Å²) < 4.78 is 29.6. The predicted octanol–water partition coefficient (Wildman–Crippen LogP) is 3.31. The number of furan rings is 1. The van der Waals surface area contributed by atoms with E-state index in [0.29, 0.717) is 16.4 Å². The first-order valence-electron chi connectivity index (χ1n) is 6.27. The van der Waals surface area contributed by atoms with Crippen molar-refractivity contribution >= 4 is 27.6 Å². The highest BCUT2D eigenvalue weighted by Gasteiger charge is 2.19. The van der Waals surface area contributed by atoms with Crippen molar-refractivity contribution in [2.45, 2.75) is 28.2 Å². The van der Waals surface area contributed by atoms with Crippen LogP contribution >= 0.6 is 11.8 Å². The maximum atomic E-state index is 12.2. The van der Waals surface area contributed by atoms with Gasteiger partial charge in [-0.2, -0.15) is 0 Å². The summed E-state index contributed by atoms with van der Waals surface area (Å²) in [5.41, 5.74) is 0. The minimum atomic E-state index is -3.35. The molecule has 0 aliphatic rings. The number of hydrogen-bond acceptors (Lipinski definition) is 5. The number of carboxylic acid groups (broad SMARTS) is 1. The van der Waals surface area contributed by atoms with Gasteiger partial charge in [0.2, 0.25) is 5.76 Å². The van der Waals surface area contributed by atoms with E-state index >= 15 is 0 Å². The van der Waals surface area contributed by atoms with E-state index in [-0.39, 0.29) is 16.4 Å². The first-order chi connectivity index (χ1) is 9.94. The Balaban J connectivity index is 2.34. The summed E-state index contributed by atoms with van der Waals surface area (Å²) in [7, 11) is -3.35. The van der Waals surface area contributed by atoms with Crippen molar-refractivity contribution < 1.29 is 22.7 Å². The van der Waals surface area contributed by atoms with Crippen LogP contribution in [0.4, 0.5) is 0 Å². The zero-order valence-corrected chi connectivity index (χ0v) is 12.9. The predicted molar refractivity (Wildman–Crippen MR) is 78.6 cm³/mol. The van der Waals surface area contributed by atoms with Gasteiger partial charge in [-0.25, -0.2) is 13.2 Å². The van der Waals surface area contributed by atoms with Crippen LogP contribution in [0.5, 0.6) is 0 Å². The molecule has 0 atom stereocenters. The van der Waals surface area contributed by atoms with Crippen LogP contribution < -0.4 is 0 Å². The summed E-state index contributed by atoms with van der Waals surface area (Å²) in [5, 5.41) is 9.16. The first kappa shape index (κ1) is 15.7. The third kappa shape index (κ3) is 3.68. The second-order valence-corrected chi connectivity index (χ2v) is 7.42. The van der Waals surface area contributed by atoms with Crippen LogP contribution in [0.1, 0.15) is 23.9 Å². The Bertz CT molecular complexity index is 746. The maximum absolute atomic E-state index is 12.2. The number of carboxylic acids is 1. The smallest absolute Gasteiger partial charge is 0.371 e. The van der Waals surface area contributed by atoms with Gasteiger partial charge in [0.25, 0.3) is 0 Å². The Morgan fingerprint density at radius 3 is 2.57 bits per heavy atom. The normalized spacial score (nSPS) is 11.5. The van der Waals surface area contributed by atoms with E-state index in [1.54, 1.807) is 31.2 Å².